The summed E-state index contributed by atoms with van der Waals surface area (Å²) in [5.41, 5.74) is 1.79. The van der Waals surface area contributed by atoms with E-state index in [0.717, 1.165) is 16.9 Å². The summed E-state index contributed by atoms with van der Waals surface area (Å²) in [4.78, 5) is 21.6. The predicted octanol–water partition coefficient (Wildman–Crippen LogP) is 2.49. The number of aromatic carboxylic acids is 1. The van der Waals surface area contributed by atoms with E-state index in [-0.39, 0.29) is 5.56 Å². The molecule has 0 aliphatic rings. The van der Waals surface area contributed by atoms with Crippen molar-refractivity contribution in [2.75, 3.05) is 19.0 Å². The summed E-state index contributed by atoms with van der Waals surface area (Å²) in [6, 6.07) is 10.4. The first-order valence-corrected chi connectivity index (χ1v) is 7.31. The minimum absolute atomic E-state index is 0.232. The summed E-state index contributed by atoms with van der Waals surface area (Å²) in [5.74, 6) is 0.754. The Morgan fingerprint density at radius 1 is 1.25 bits per heavy atom. The van der Waals surface area contributed by atoms with Crippen LogP contribution in [0.15, 0.2) is 47.1 Å². The summed E-state index contributed by atoms with van der Waals surface area (Å²) in [6.07, 6.45) is 2.06. The number of rotatable bonds is 5. The van der Waals surface area contributed by atoms with Gasteiger partial charge in [-0.25, -0.2) is 9.78 Å². The Bertz CT molecular complexity index is 856. The molecule has 0 unspecified atom stereocenters. The van der Waals surface area contributed by atoms with E-state index in [0.29, 0.717) is 18.1 Å². The number of carboxylic acid groups (broad SMARTS) is 1. The van der Waals surface area contributed by atoms with Gasteiger partial charge in [0.25, 0.3) is 0 Å². The molecule has 2 heterocycles. The van der Waals surface area contributed by atoms with E-state index in [4.69, 9.17) is 9.63 Å². The van der Waals surface area contributed by atoms with E-state index in [2.05, 4.69) is 15.1 Å². The highest BCUT2D eigenvalue weighted by Gasteiger charge is 2.11. The SMILES string of the molecule is CN(C)c1ccc(-c2noc(Cc3cccc(C(=O)O)c3)n2)cn1. The van der Waals surface area contributed by atoms with Crippen molar-refractivity contribution in [3.05, 3.63) is 59.6 Å². The largest absolute Gasteiger partial charge is 0.478 e. The maximum absolute atomic E-state index is 11.0. The van der Waals surface area contributed by atoms with Gasteiger partial charge in [0.15, 0.2) is 0 Å². The van der Waals surface area contributed by atoms with Crippen LogP contribution in [0.3, 0.4) is 0 Å². The number of anilines is 1. The molecule has 3 rings (SSSR count). The Kier molecular flexibility index (Phi) is 4.24. The number of nitrogens with zero attached hydrogens (tertiary/aromatic N) is 4. The molecule has 1 aromatic carbocycles. The number of aromatic nitrogens is 3. The molecule has 7 nitrogen and oxygen atoms in total. The first kappa shape index (κ1) is 15.7. The van der Waals surface area contributed by atoms with Crippen molar-refractivity contribution in [3.8, 4) is 11.4 Å². The van der Waals surface area contributed by atoms with Crippen LogP contribution in [-0.4, -0.2) is 40.3 Å². The third-order valence-electron chi connectivity index (χ3n) is 3.46. The Balaban J connectivity index is 1.78. The number of benzene rings is 1. The Labute approximate surface area is 138 Å². The van der Waals surface area contributed by atoms with Crippen molar-refractivity contribution in [1.29, 1.82) is 0 Å². The standard InChI is InChI=1S/C17H16N4O3/c1-21(2)14-7-6-13(10-18-14)16-19-15(24-20-16)9-11-4-3-5-12(8-11)17(22)23/h3-8,10H,9H2,1-2H3,(H,22,23). The Hall–Kier alpha value is -3.22. The molecule has 0 radical (unpaired) electrons. The average molecular weight is 324 g/mol. The van der Waals surface area contributed by atoms with Crippen LogP contribution in [0.1, 0.15) is 21.8 Å². The number of hydrogen-bond acceptors (Lipinski definition) is 6. The highest BCUT2D eigenvalue weighted by Crippen LogP contribution is 2.19. The summed E-state index contributed by atoms with van der Waals surface area (Å²) in [7, 11) is 3.83. The van der Waals surface area contributed by atoms with Gasteiger partial charge < -0.3 is 14.5 Å². The maximum Gasteiger partial charge on any atom is 0.335 e. The van der Waals surface area contributed by atoms with Crippen LogP contribution < -0.4 is 4.90 Å². The molecule has 0 aliphatic carbocycles. The van der Waals surface area contributed by atoms with Gasteiger partial charge in [-0.1, -0.05) is 17.3 Å². The average Bonchev–Trinajstić information content (AvgIpc) is 3.03. The smallest absolute Gasteiger partial charge is 0.335 e. The zero-order valence-electron chi connectivity index (χ0n) is 13.3. The lowest BCUT2D eigenvalue weighted by Gasteiger charge is -2.10. The number of carbonyl (C=O) groups is 1. The molecule has 7 heteroatoms. The summed E-state index contributed by atoms with van der Waals surface area (Å²) in [5, 5.41) is 13.0. The van der Waals surface area contributed by atoms with Gasteiger partial charge >= 0.3 is 5.97 Å². The molecule has 2 aromatic heterocycles. The Morgan fingerprint density at radius 3 is 2.75 bits per heavy atom. The minimum Gasteiger partial charge on any atom is -0.478 e. The van der Waals surface area contributed by atoms with E-state index in [1.54, 1.807) is 24.4 Å². The molecule has 0 fully saturated rings. The monoisotopic (exact) mass is 324 g/mol. The first-order valence-electron chi connectivity index (χ1n) is 7.31. The summed E-state index contributed by atoms with van der Waals surface area (Å²) in [6.45, 7) is 0. The van der Waals surface area contributed by atoms with Crippen LogP contribution in [0.4, 0.5) is 5.82 Å². The van der Waals surface area contributed by atoms with Crippen molar-refractivity contribution in [3.63, 3.8) is 0 Å². The zero-order chi connectivity index (χ0) is 17.1. The van der Waals surface area contributed by atoms with Gasteiger partial charge in [0.2, 0.25) is 11.7 Å². The second kappa shape index (κ2) is 6.49. The van der Waals surface area contributed by atoms with Crippen molar-refractivity contribution >= 4 is 11.8 Å². The van der Waals surface area contributed by atoms with Gasteiger partial charge in [-0.2, -0.15) is 4.98 Å². The molecule has 0 bridgehead atoms. The molecule has 0 saturated carbocycles. The predicted molar refractivity (Wildman–Crippen MR) is 88.1 cm³/mol. The van der Waals surface area contributed by atoms with Gasteiger partial charge in [0.05, 0.1) is 12.0 Å². The fraction of sp³-hybridized carbons (Fsp3) is 0.176. The van der Waals surface area contributed by atoms with Crippen molar-refractivity contribution in [1.82, 2.24) is 15.1 Å². The van der Waals surface area contributed by atoms with Gasteiger partial charge in [-0.3, -0.25) is 0 Å². The van der Waals surface area contributed by atoms with Crippen LogP contribution >= 0.6 is 0 Å². The van der Waals surface area contributed by atoms with Crippen molar-refractivity contribution in [2.24, 2.45) is 0 Å². The lowest BCUT2D eigenvalue weighted by atomic mass is 10.1. The fourth-order valence-corrected chi connectivity index (χ4v) is 2.22. The second-order valence-corrected chi connectivity index (χ2v) is 5.49. The molecule has 1 N–H and O–H groups in total. The van der Waals surface area contributed by atoms with Gasteiger partial charge in [-0.15, -0.1) is 0 Å². The van der Waals surface area contributed by atoms with E-state index in [9.17, 15) is 4.79 Å². The van der Waals surface area contributed by atoms with Crippen LogP contribution in [-0.2, 0) is 6.42 Å². The second-order valence-electron chi connectivity index (χ2n) is 5.49. The van der Waals surface area contributed by atoms with E-state index >= 15 is 0 Å². The maximum atomic E-state index is 11.0. The minimum atomic E-state index is -0.963. The molecule has 24 heavy (non-hydrogen) atoms. The van der Waals surface area contributed by atoms with Crippen LogP contribution in [0.5, 0.6) is 0 Å². The highest BCUT2D eigenvalue weighted by atomic mass is 16.5. The Morgan fingerprint density at radius 2 is 2.08 bits per heavy atom. The normalized spacial score (nSPS) is 10.6. The van der Waals surface area contributed by atoms with Crippen LogP contribution in [0, 0.1) is 0 Å². The lowest BCUT2D eigenvalue weighted by Crippen LogP contribution is -2.10. The van der Waals surface area contributed by atoms with Crippen LogP contribution in [0.2, 0.25) is 0 Å². The van der Waals surface area contributed by atoms with Gasteiger partial charge in [0, 0.05) is 25.9 Å². The highest BCUT2D eigenvalue weighted by molar-refractivity contribution is 5.87. The quantitative estimate of drug-likeness (QED) is 0.770. The third kappa shape index (κ3) is 3.40. The zero-order valence-corrected chi connectivity index (χ0v) is 13.3. The van der Waals surface area contributed by atoms with E-state index < -0.39 is 5.97 Å². The third-order valence-corrected chi connectivity index (χ3v) is 3.46. The molecule has 0 amide bonds. The van der Waals surface area contributed by atoms with Gasteiger partial charge in [0.1, 0.15) is 5.82 Å². The van der Waals surface area contributed by atoms with Crippen molar-refractivity contribution in [2.45, 2.75) is 6.42 Å². The van der Waals surface area contributed by atoms with E-state index in [1.807, 2.05) is 37.2 Å². The molecular formula is C17H16N4O3. The molecule has 0 atom stereocenters. The van der Waals surface area contributed by atoms with Crippen LogP contribution in [0.25, 0.3) is 11.4 Å². The van der Waals surface area contributed by atoms with Gasteiger partial charge in [-0.05, 0) is 29.8 Å². The molecule has 122 valence electrons. The summed E-state index contributed by atoms with van der Waals surface area (Å²) < 4.78 is 5.25. The topological polar surface area (TPSA) is 92.4 Å². The first-order chi connectivity index (χ1) is 11.5. The molecule has 0 saturated heterocycles. The fourth-order valence-electron chi connectivity index (χ4n) is 2.22. The molecule has 0 aliphatic heterocycles. The molecule has 3 aromatic rings. The summed E-state index contributed by atoms with van der Waals surface area (Å²) >= 11 is 0. The molecular weight excluding hydrogens is 308 g/mol. The number of hydrogen-bond donors (Lipinski definition) is 1. The number of pyridine rings is 1. The van der Waals surface area contributed by atoms with Crippen molar-refractivity contribution < 1.29 is 14.4 Å². The lowest BCUT2D eigenvalue weighted by molar-refractivity contribution is 0.0696. The van der Waals surface area contributed by atoms with E-state index in [1.165, 1.54) is 0 Å². The molecule has 0 spiro atoms. The number of carboxylic acids is 1.